The van der Waals surface area contributed by atoms with Crippen LogP contribution in [0.4, 0.5) is 27.9 Å². The monoisotopic (exact) mass is 433 g/mol. The molecule has 11 heteroatoms. The molecular formula is C19H21ClFN7O2. The number of aromatic nitrogens is 3. The van der Waals surface area contributed by atoms with Crippen molar-refractivity contribution >= 4 is 42.2 Å². The standard InChI is InChI=1S/C19H20FN7O2.ClH/c1-27(2)19-24-17(22-14-7-5-13(20)6-8-14)23-18(25-19)26-21-11-12-4-9-15(28)16(10-12)29-3;/h4-11,28H,1-3H3,(H2,22,23,24,25,26);1H/b21-11-;. The van der Waals surface area contributed by atoms with Crippen LogP contribution in [0.2, 0.25) is 0 Å². The maximum Gasteiger partial charge on any atom is 0.250 e. The van der Waals surface area contributed by atoms with Gasteiger partial charge in [0.15, 0.2) is 11.5 Å². The second-order valence-electron chi connectivity index (χ2n) is 6.11. The highest BCUT2D eigenvalue weighted by atomic mass is 35.5. The number of nitrogens with zero attached hydrogens (tertiary/aromatic N) is 5. The molecule has 3 rings (SSSR count). The van der Waals surface area contributed by atoms with Crippen LogP contribution in [0.25, 0.3) is 0 Å². The third-order valence-electron chi connectivity index (χ3n) is 3.71. The largest absolute Gasteiger partial charge is 0.504 e. The van der Waals surface area contributed by atoms with Gasteiger partial charge in [0, 0.05) is 19.8 Å². The molecule has 3 N–H and O–H groups in total. The minimum atomic E-state index is -0.331. The number of hydrazone groups is 1. The normalized spacial score (nSPS) is 10.4. The van der Waals surface area contributed by atoms with Crippen molar-refractivity contribution in [2.75, 3.05) is 36.8 Å². The number of halogens is 2. The zero-order valence-corrected chi connectivity index (χ0v) is 17.3. The molecule has 0 bridgehead atoms. The summed E-state index contributed by atoms with van der Waals surface area (Å²) in [6.07, 6.45) is 1.54. The highest BCUT2D eigenvalue weighted by Gasteiger charge is 2.08. The van der Waals surface area contributed by atoms with Crippen LogP contribution in [0.5, 0.6) is 11.5 Å². The molecule has 0 amide bonds. The number of hydrogen-bond donors (Lipinski definition) is 3. The first-order valence-corrected chi connectivity index (χ1v) is 8.56. The Labute approximate surface area is 179 Å². The molecule has 0 aliphatic rings. The number of anilines is 4. The van der Waals surface area contributed by atoms with E-state index >= 15 is 0 Å². The van der Waals surface area contributed by atoms with E-state index in [4.69, 9.17) is 4.74 Å². The Morgan fingerprint density at radius 2 is 1.77 bits per heavy atom. The molecule has 1 heterocycles. The topological polar surface area (TPSA) is 108 Å². The van der Waals surface area contributed by atoms with E-state index in [0.717, 1.165) is 0 Å². The fourth-order valence-corrected chi connectivity index (χ4v) is 2.27. The summed E-state index contributed by atoms with van der Waals surface area (Å²) in [4.78, 5) is 14.6. The minimum absolute atomic E-state index is 0. The van der Waals surface area contributed by atoms with Gasteiger partial charge in [0.25, 0.3) is 0 Å². The Kier molecular flexibility index (Phi) is 7.70. The van der Waals surface area contributed by atoms with Gasteiger partial charge in [-0.05, 0) is 48.0 Å². The highest BCUT2D eigenvalue weighted by molar-refractivity contribution is 5.85. The molecule has 0 saturated carbocycles. The lowest BCUT2D eigenvalue weighted by Crippen LogP contribution is -2.15. The first-order valence-electron chi connectivity index (χ1n) is 8.56. The van der Waals surface area contributed by atoms with Crippen molar-refractivity contribution in [1.29, 1.82) is 0 Å². The molecule has 2 aromatic carbocycles. The van der Waals surface area contributed by atoms with Crippen molar-refractivity contribution < 1.29 is 14.2 Å². The van der Waals surface area contributed by atoms with Gasteiger partial charge in [0.1, 0.15) is 5.82 Å². The van der Waals surface area contributed by atoms with Crippen molar-refractivity contribution in [3.05, 3.63) is 53.8 Å². The smallest absolute Gasteiger partial charge is 0.250 e. The van der Waals surface area contributed by atoms with Gasteiger partial charge in [0.2, 0.25) is 17.8 Å². The molecule has 158 valence electrons. The van der Waals surface area contributed by atoms with Gasteiger partial charge in [0.05, 0.1) is 13.3 Å². The lowest BCUT2D eigenvalue weighted by atomic mass is 10.2. The lowest BCUT2D eigenvalue weighted by Gasteiger charge is -2.13. The van der Waals surface area contributed by atoms with Crippen molar-refractivity contribution in [3.8, 4) is 11.5 Å². The zero-order chi connectivity index (χ0) is 20.8. The second-order valence-corrected chi connectivity index (χ2v) is 6.11. The summed E-state index contributed by atoms with van der Waals surface area (Å²) in [7, 11) is 5.07. The van der Waals surface area contributed by atoms with Crippen LogP contribution < -0.4 is 20.4 Å². The number of methoxy groups -OCH3 is 1. The highest BCUT2D eigenvalue weighted by Crippen LogP contribution is 2.25. The van der Waals surface area contributed by atoms with Gasteiger partial charge in [-0.2, -0.15) is 20.1 Å². The molecule has 0 unspecified atom stereocenters. The van der Waals surface area contributed by atoms with Crippen molar-refractivity contribution in [1.82, 2.24) is 15.0 Å². The van der Waals surface area contributed by atoms with Gasteiger partial charge in [-0.1, -0.05) is 0 Å². The molecule has 9 nitrogen and oxygen atoms in total. The number of nitrogens with one attached hydrogen (secondary N) is 2. The molecule has 0 aliphatic heterocycles. The second kappa shape index (κ2) is 10.2. The van der Waals surface area contributed by atoms with Crippen LogP contribution in [-0.4, -0.2) is 47.5 Å². The molecule has 0 atom stereocenters. The molecule has 0 radical (unpaired) electrons. The van der Waals surface area contributed by atoms with E-state index in [-0.39, 0.29) is 35.9 Å². The molecule has 0 saturated heterocycles. The number of benzene rings is 2. The maximum atomic E-state index is 13.1. The molecule has 1 aromatic heterocycles. The summed E-state index contributed by atoms with van der Waals surface area (Å²) in [5.41, 5.74) is 4.09. The van der Waals surface area contributed by atoms with E-state index in [2.05, 4.69) is 30.8 Å². The Morgan fingerprint density at radius 3 is 2.43 bits per heavy atom. The number of rotatable bonds is 7. The Balaban J connectivity index is 0.00000320. The average Bonchev–Trinajstić information content (AvgIpc) is 2.71. The molecule has 30 heavy (non-hydrogen) atoms. The summed E-state index contributed by atoms with van der Waals surface area (Å²) < 4.78 is 18.2. The van der Waals surface area contributed by atoms with Crippen LogP contribution in [0.1, 0.15) is 5.56 Å². The van der Waals surface area contributed by atoms with Gasteiger partial charge >= 0.3 is 0 Å². The summed E-state index contributed by atoms with van der Waals surface area (Å²) >= 11 is 0. The third kappa shape index (κ3) is 5.92. The van der Waals surface area contributed by atoms with Crippen LogP contribution in [0.3, 0.4) is 0 Å². The molecule has 0 spiro atoms. The maximum absolute atomic E-state index is 13.1. The van der Waals surface area contributed by atoms with Crippen LogP contribution in [0, 0.1) is 5.82 Å². The average molecular weight is 434 g/mol. The van der Waals surface area contributed by atoms with Gasteiger partial charge in [-0.25, -0.2) is 9.82 Å². The minimum Gasteiger partial charge on any atom is -0.504 e. The van der Waals surface area contributed by atoms with Gasteiger partial charge in [-0.15, -0.1) is 12.4 Å². The number of phenolic OH excluding ortho intramolecular Hbond substituents is 1. The van der Waals surface area contributed by atoms with Crippen molar-refractivity contribution in [3.63, 3.8) is 0 Å². The summed E-state index contributed by atoms with van der Waals surface area (Å²) in [6.45, 7) is 0. The number of hydrogen-bond acceptors (Lipinski definition) is 9. The SMILES string of the molecule is COc1cc(/C=N\Nc2nc(Nc3ccc(F)cc3)nc(N(C)C)n2)ccc1O.Cl. The molecular weight excluding hydrogens is 413 g/mol. The summed E-state index contributed by atoms with van der Waals surface area (Å²) in [5.74, 6) is 0.961. The van der Waals surface area contributed by atoms with Gasteiger partial charge < -0.3 is 20.1 Å². The fraction of sp³-hybridized carbons (Fsp3) is 0.158. The third-order valence-corrected chi connectivity index (χ3v) is 3.71. The summed E-state index contributed by atoms with van der Waals surface area (Å²) in [6, 6.07) is 10.7. The zero-order valence-electron chi connectivity index (χ0n) is 16.5. The Bertz CT molecular complexity index is 1020. The summed E-state index contributed by atoms with van der Waals surface area (Å²) in [5, 5.41) is 16.8. The van der Waals surface area contributed by atoms with E-state index in [1.165, 1.54) is 31.5 Å². The number of phenols is 1. The number of ether oxygens (including phenoxy) is 1. The molecule has 0 fully saturated rings. The van der Waals surface area contributed by atoms with E-state index in [1.807, 2.05) is 0 Å². The van der Waals surface area contributed by atoms with Crippen molar-refractivity contribution in [2.24, 2.45) is 5.10 Å². The Hall–Kier alpha value is -3.66. The number of aromatic hydroxyl groups is 1. The fourth-order valence-electron chi connectivity index (χ4n) is 2.27. The Morgan fingerprint density at radius 1 is 1.07 bits per heavy atom. The van der Waals surface area contributed by atoms with Crippen molar-refractivity contribution in [2.45, 2.75) is 0 Å². The first-order chi connectivity index (χ1) is 13.9. The van der Waals surface area contributed by atoms with E-state index in [0.29, 0.717) is 22.9 Å². The first kappa shape index (κ1) is 22.6. The quantitative estimate of drug-likeness (QED) is 0.384. The van der Waals surface area contributed by atoms with E-state index < -0.39 is 0 Å². The molecule has 0 aliphatic carbocycles. The van der Waals surface area contributed by atoms with Crippen LogP contribution in [0.15, 0.2) is 47.6 Å². The predicted molar refractivity (Wildman–Crippen MR) is 117 cm³/mol. The van der Waals surface area contributed by atoms with E-state index in [9.17, 15) is 9.50 Å². The van der Waals surface area contributed by atoms with E-state index in [1.54, 1.807) is 43.3 Å². The predicted octanol–water partition coefficient (Wildman–Crippen LogP) is 3.40. The lowest BCUT2D eigenvalue weighted by molar-refractivity contribution is 0.373. The molecule has 3 aromatic rings. The van der Waals surface area contributed by atoms with Crippen LogP contribution >= 0.6 is 12.4 Å². The van der Waals surface area contributed by atoms with Crippen LogP contribution in [-0.2, 0) is 0 Å². The van der Waals surface area contributed by atoms with Gasteiger partial charge in [-0.3, -0.25) is 0 Å².